The molecule has 0 saturated heterocycles. The number of hydrogen-bond acceptors (Lipinski definition) is 7. The van der Waals surface area contributed by atoms with Crippen molar-refractivity contribution in [1.29, 1.82) is 0 Å². The molecule has 9 nitrogen and oxygen atoms in total. The van der Waals surface area contributed by atoms with Gasteiger partial charge in [0.25, 0.3) is 0 Å². The minimum atomic E-state index is -3.99. The van der Waals surface area contributed by atoms with Crippen molar-refractivity contribution >= 4 is 35.2 Å². The SMILES string of the molecule is C[C@H](CN(CCCO[Si](C)(C)C(C)(C)C)C(=O)OC(C)(C)C)NS(=O)(=O)c1cccc2c(O)ncc(C3CC3)c12. The van der Waals surface area contributed by atoms with Crippen molar-refractivity contribution in [2.75, 3.05) is 19.7 Å². The number of carbonyl (C=O) groups is 1. The van der Waals surface area contributed by atoms with E-state index in [1.165, 1.54) is 0 Å². The van der Waals surface area contributed by atoms with Crippen LogP contribution in [0.25, 0.3) is 10.8 Å². The van der Waals surface area contributed by atoms with Crippen LogP contribution in [0.5, 0.6) is 5.88 Å². The highest BCUT2D eigenvalue weighted by Gasteiger charge is 2.37. The first kappa shape index (κ1) is 32.3. The van der Waals surface area contributed by atoms with E-state index in [1.54, 1.807) is 57.0 Å². The standard InChI is InChI=1S/C29H47N3O6SSi/c1-20(19-32(27(34)38-28(2,3)4)16-11-17-37-40(8,9)29(5,6)7)31-39(35,36)24-13-10-12-22-25(24)23(21-14-15-21)18-30-26(22)33/h10,12-13,18,20-21,31H,11,14-17,19H2,1-9H3,(H,30,33)/t20-/m1/s1. The summed E-state index contributed by atoms with van der Waals surface area (Å²) in [6, 6.07) is 4.23. The highest BCUT2D eigenvalue weighted by atomic mass is 32.2. The van der Waals surface area contributed by atoms with Crippen molar-refractivity contribution in [2.45, 2.75) is 108 Å². The normalized spacial score (nSPS) is 15.7. The summed E-state index contributed by atoms with van der Waals surface area (Å²) in [7, 11) is -5.91. The topological polar surface area (TPSA) is 118 Å². The molecule has 40 heavy (non-hydrogen) atoms. The van der Waals surface area contributed by atoms with Crippen molar-refractivity contribution in [3.63, 3.8) is 0 Å². The van der Waals surface area contributed by atoms with Gasteiger partial charge in [0, 0.05) is 42.7 Å². The number of aromatic nitrogens is 1. The molecule has 0 aliphatic heterocycles. The number of nitrogens with zero attached hydrogens (tertiary/aromatic N) is 2. The lowest BCUT2D eigenvalue weighted by atomic mass is 10.0. The quantitative estimate of drug-likeness (QED) is 0.238. The molecule has 1 aliphatic carbocycles. The van der Waals surface area contributed by atoms with E-state index in [-0.39, 0.29) is 28.3 Å². The molecular formula is C29H47N3O6SSi. The van der Waals surface area contributed by atoms with E-state index >= 15 is 0 Å². The Morgan fingerprint density at radius 3 is 2.42 bits per heavy atom. The second-order valence-electron chi connectivity index (χ2n) is 13.4. The molecule has 1 aromatic carbocycles. The number of pyridine rings is 1. The predicted molar refractivity (Wildman–Crippen MR) is 161 cm³/mol. The van der Waals surface area contributed by atoms with Gasteiger partial charge in [0.05, 0.1) is 4.90 Å². The van der Waals surface area contributed by atoms with E-state index in [0.29, 0.717) is 30.3 Å². The average Bonchev–Trinajstić information content (AvgIpc) is 3.64. The van der Waals surface area contributed by atoms with Gasteiger partial charge in [0.15, 0.2) is 8.32 Å². The minimum Gasteiger partial charge on any atom is -0.493 e. The van der Waals surface area contributed by atoms with Gasteiger partial charge < -0.3 is 19.2 Å². The lowest BCUT2D eigenvalue weighted by Gasteiger charge is -2.36. The number of aromatic hydroxyl groups is 1. The fourth-order valence-corrected chi connectivity index (χ4v) is 6.86. The van der Waals surface area contributed by atoms with Crippen LogP contribution >= 0.6 is 0 Å². The van der Waals surface area contributed by atoms with Gasteiger partial charge in [-0.3, -0.25) is 0 Å². The van der Waals surface area contributed by atoms with Crippen molar-refractivity contribution in [3.05, 3.63) is 30.0 Å². The third-order valence-electron chi connectivity index (χ3n) is 7.53. The zero-order valence-electron chi connectivity index (χ0n) is 25.5. The maximum Gasteiger partial charge on any atom is 0.410 e. The summed E-state index contributed by atoms with van der Waals surface area (Å²) in [6.07, 6.45) is 3.61. The summed E-state index contributed by atoms with van der Waals surface area (Å²) in [5.41, 5.74) is 0.145. The Kier molecular flexibility index (Phi) is 9.65. The number of benzene rings is 1. The molecule has 11 heteroatoms. The van der Waals surface area contributed by atoms with E-state index in [2.05, 4.69) is 43.6 Å². The number of ether oxygens (including phenoxy) is 1. The maximum absolute atomic E-state index is 13.6. The molecule has 0 radical (unpaired) electrons. The lowest BCUT2D eigenvalue weighted by Crippen LogP contribution is -2.46. The number of amides is 1. The van der Waals surface area contributed by atoms with E-state index in [9.17, 15) is 18.3 Å². The Balaban J connectivity index is 1.77. The molecule has 1 heterocycles. The van der Waals surface area contributed by atoms with Crippen molar-refractivity contribution in [2.24, 2.45) is 0 Å². The van der Waals surface area contributed by atoms with Gasteiger partial charge in [-0.1, -0.05) is 26.8 Å². The molecule has 1 aromatic heterocycles. The Morgan fingerprint density at radius 1 is 1.20 bits per heavy atom. The van der Waals surface area contributed by atoms with E-state index in [4.69, 9.17) is 9.16 Å². The number of nitrogens with one attached hydrogen (secondary N) is 1. The highest BCUT2D eigenvalue weighted by Crippen LogP contribution is 2.45. The van der Waals surface area contributed by atoms with Crippen LogP contribution in [0.2, 0.25) is 18.1 Å². The summed E-state index contributed by atoms with van der Waals surface area (Å²) >= 11 is 0. The third kappa shape index (κ3) is 8.17. The number of fused-ring (bicyclic) bond motifs is 1. The molecule has 1 aliphatic rings. The molecule has 0 spiro atoms. The van der Waals surface area contributed by atoms with E-state index in [1.807, 2.05) is 0 Å². The summed E-state index contributed by atoms with van der Waals surface area (Å²) in [6.45, 7) is 19.1. The molecule has 1 atom stereocenters. The molecule has 1 saturated carbocycles. The zero-order chi connectivity index (χ0) is 30.1. The third-order valence-corrected chi connectivity index (χ3v) is 13.7. The predicted octanol–water partition coefficient (Wildman–Crippen LogP) is 6.13. The van der Waals surface area contributed by atoms with Crippen molar-refractivity contribution < 1.29 is 27.5 Å². The Bertz CT molecular complexity index is 1310. The van der Waals surface area contributed by atoms with Crippen LogP contribution in [0.4, 0.5) is 4.79 Å². The van der Waals surface area contributed by atoms with Crippen LogP contribution < -0.4 is 4.72 Å². The van der Waals surface area contributed by atoms with E-state index < -0.39 is 36.1 Å². The van der Waals surface area contributed by atoms with Crippen LogP contribution in [0.3, 0.4) is 0 Å². The van der Waals surface area contributed by atoms with Gasteiger partial charge in [-0.05, 0) is 88.7 Å². The maximum atomic E-state index is 13.6. The second kappa shape index (κ2) is 12.0. The molecule has 0 bridgehead atoms. The first-order chi connectivity index (χ1) is 18.3. The van der Waals surface area contributed by atoms with Gasteiger partial charge in [-0.2, -0.15) is 0 Å². The smallest absolute Gasteiger partial charge is 0.410 e. The largest absolute Gasteiger partial charge is 0.493 e. The molecule has 1 fully saturated rings. The molecule has 3 rings (SSSR count). The summed E-state index contributed by atoms with van der Waals surface area (Å²) in [4.78, 5) is 18.8. The van der Waals surface area contributed by atoms with Crippen molar-refractivity contribution in [1.82, 2.24) is 14.6 Å². The molecule has 224 valence electrons. The average molecular weight is 594 g/mol. The molecule has 0 unspecified atom stereocenters. The van der Waals surface area contributed by atoms with Gasteiger partial charge in [0.2, 0.25) is 15.9 Å². The Hall–Kier alpha value is -2.21. The first-order valence-corrected chi connectivity index (χ1v) is 18.5. The van der Waals surface area contributed by atoms with Crippen molar-refractivity contribution in [3.8, 4) is 5.88 Å². The molecule has 2 aromatic rings. The second-order valence-corrected chi connectivity index (χ2v) is 19.9. The van der Waals surface area contributed by atoms with Crippen LogP contribution in [0, 0.1) is 0 Å². The highest BCUT2D eigenvalue weighted by molar-refractivity contribution is 7.89. The van der Waals surface area contributed by atoms with Crippen LogP contribution in [0.15, 0.2) is 29.3 Å². The Labute approximate surface area is 240 Å². The summed E-state index contributed by atoms with van der Waals surface area (Å²) in [5.74, 6) is 0.0427. The van der Waals surface area contributed by atoms with Gasteiger partial charge in [-0.15, -0.1) is 0 Å². The lowest BCUT2D eigenvalue weighted by molar-refractivity contribution is 0.0230. The molecule has 1 amide bonds. The monoisotopic (exact) mass is 593 g/mol. The first-order valence-electron chi connectivity index (χ1n) is 14.1. The number of rotatable bonds is 11. The Morgan fingerprint density at radius 2 is 1.85 bits per heavy atom. The van der Waals surface area contributed by atoms with Crippen LogP contribution in [0.1, 0.15) is 79.2 Å². The van der Waals surface area contributed by atoms with Crippen LogP contribution in [-0.4, -0.2) is 69.2 Å². The van der Waals surface area contributed by atoms with Crippen LogP contribution in [-0.2, 0) is 19.2 Å². The number of hydrogen-bond donors (Lipinski definition) is 2. The fraction of sp³-hybridized carbons (Fsp3) is 0.655. The van der Waals surface area contributed by atoms with E-state index in [0.717, 1.165) is 18.4 Å². The zero-order valence-corrected chi connectivity index (χ0v) is 27.3. The van der Waals surface area contributed by atoms with Gasteiger partial charge in [0.1, 0.15) is 5.60 Å². The fourth-order valence-electron chi connectivity index (χ4n) is 4.29. The summed E-state index contributed by atoms with van der Waals surface area (Å²) in [5, 5.41) is 11.3. The number of carbonyl (C=O) groups excluding carboxylic acids is 1. The van der Waals surface area contributed by atoms with Gasteiger partial charge >= 0.3 is 6.09 Å². The number of sulfonamides is 1. The van der Waals surface area contributed by atoms with Gasteiger partial charge in [-0.25, -0.2) is 22.9 Å². The minimum absolute atomic E-state index is 0.0818. The summed E-state index contributed by atoms with van der Waals surface area (Å²) < 4.78 is 41.9. The molecule has 2 N–H and O–H groups in total. The molecular weight excluding hydrogens is 546 g/mol.